The molecule has 2 aliphatic carbocycles. The van der Waals surface area contributed by atoms with E-state index in [0.29, 0.717) is 18.1 Å². The standard InChI is InChI=1S/C22H24O2/c1-15(11-12-16-7-3-2-4-8-16)18-9-5-6-10-20-21-17(14-24-20)13-19(23)22(18)21/h2-4,7-9,17,20H,1,5-6,10-14H2/b18-9-/t17-,20+/m0/s1. The molecule has 0 N–H and O–H groups in total. The molecule has 0 amide bonds. The second kappa shape index (κ2) is 6.52. The molecule has 2 nitrogen and oxygen atoms in total. The highest BCUT2D eigenvalue weighted by Crippen LogP contribution is 2.45. The zero-order valence-electron chi connectivity index (χ0n) is 14.1. The number of carbonyl (C=O) groups excluding carboxylic acids is 1. The van der Waals surface area contributed by atoms with Crippen LogP contribution in [0.4, 0.5) is 0 Å². The quantitative estimate of drug-likeness (QED) is 0.812. The summed E-state index contributed by atoms with van der Waals surface area (Å²) in [4.78, 5) is 12.7. The molecule has 0 radical (unpaired) electrons. The molecule has 1 aromatic rings. The first-order valence-corrected chi connectivity index (χ1v) is 9.05. The summed E-state index contributed by atoms with van der Waals surface area (Å²) in [6.07, 6.45) is 8.10. The van der Waals surface area contributed by atoms with E-state index < -0.39 is 0 Å². The maximum atomic E-state index is 12.7. The Labute approximate surface area is 143 Å². The van der Waals surface area contributed by atoms with Gasteiger partial charge in [-0.15, -0.1) is 0 Å². The van der Waals surface area contributed by atoms with E-state index in [-0.39, 0.29) is 6.10 Å². The SMILES string of the molecule is C=C(CCc1ccccc1)/C1=C/CCC[C@H]2OC[C@@H]3CC(=O)C1=C32. The number of Topliss-reactive ketones (excluding diaryl/α,β-unsaturated/α-hetero) is 1. The molecular weight excluding hydrogens is 296 g/mol. The van der Waals surface area contributed by atoms with Crippen LogP contribution in [-0.4, -0.2) is 18.5 Å². The molecule has 0 unspecified atom stereocenters. The maximum Gasteiger partial charge on any atom is 0.164 e. The lowest BCUT2D eigenvalue weighted by molar-refractivity contribution is -0.115. The third kappa shape index (κ3) is 2.80. The van der Waals surface area contributed by atoms with Crippen molar-refractivity contribution in [2.24, 2.45) is 5.92 Å². The van der Waals surface area contributed by atoms with Crippen molar-refractivity contribution in [3.8, 4) is 0 Å². The van der Waals surface area contributed by atoms with Crippen molar-refractivity contribution < 1.29 is 9.53 Å². The predicted octanol–water partition coefficient (Wildman–Crippen LogP) is 4.57. The second-order valence-corrected chi connectivity index (χ2v) is 7.11. The van der Waals surface area contributed by atoms with E-state index in [0.717, 1.165) is 55.4 Å². The van der Waals surface area contributed by atoms with Gasteiger partial charge in [0.1, 0.15) is 0 Å². The summed E-state index contributed by atoms with van der Waals surface area (Å²) < 4.78 is 5.97. The molecule has 0 saturated carbocycles. The monoisotopic (exact) mass is 320 g/mol. The topological polar surface area (TPSA) is 26.3 Å². The Kier molecular flexibility index (Phi) is 4.24. The molecule has 0 aromatic heterocycles. The molecule has 2 atom stereocenters. The molecule has 1 saturated heterocycles. The van der Waals surface area contributed by atoms with Gasteiger partial charge >= 0.3 is 0 Å². The highest BCUT2D eigenvalue weighted by atomic mass is 16.5. The molecule has 3 aliphatic rings. The summed E-state index contributed by atoms with van der Waals surface area (Å²) in [5.41, 5.74) is 5.78. The molecule has 4 rings (SSSR count). The first kappa shape index (κ1) is 15.6. The molecule has 1 aliphatic heterocycles. The lowest BCUT2D eigenvalue weighted by Crippen LogP contribution is -2.14. The molecule has 1 heterocycles. The fourth-order valence-corrected chi connectivity index (χ4v) is 4.29. The Morgan fingerprint density at radius 2 is 2.08 bits per heavy atom. The van der Waals surface area contributed by atoms with Crippen LogP contribution >= 0.6 is 0 Å². The summed E-state index contributed by atoms with van der Waals surface area (Å²) >= 11 is 0. The van der Waals surface area contributed by atoms with Gasteiger partial charge in [-0.1, -0.05) is 43.0 Å². The van der Waals surface area contributed by atoms with E-state index in [1.807, 2.05) is 6.07 Å². The van der Waals surface area contributed by atoms with Gasteiger partial charge in [0.05, 0.1) is 12.7 Å². The van der Waals surface area contributed by atoms with Gasteiger partial charge in [0, 0.05) is 17.9 Å². The first-order chi connectivity index (χ1) is 11.7. The second-order valence-electron chi connectivity index (χ2n) is 7.11. The summed E-state index contributed by atoms with van der Waals surface area (Å²) in [7, 11) is 0. The average molecular weight is 320 g/mol. The fourth-order valence-electron chi connectivity index (χ4n) is 4.29. The van der Waals surface area contributed by atoms with Crippen molar-refractivity contribution >= 4 is 5.78 Å². The van der Waals surface area contributed by atoms with E-state index in [4.69, 9.17) is 4.74 Å². The number of ether oxygens (including phenoxy) is 1. The highest BCUT2D eigenvalue weighted by molar-refractivity contribution is 6.04. The first-order valence-electron chi connectivity index (χ1n) is 9.05. The Bertz CT molecular complexity index is 724. The molecule has 0 bridgehead atoms. The predicted molar refractivity (Wildman–Crippen MR) is 95.7 cm³/mol. The summed E-state index contributed by atoms with van der Waals surface area (Å²) in [6.45, 7) is 5.06. The number of hydrogen-bond acceptors (Lipinski definition) is 2. The maximum absolute atomic E-state index is 12.7. The number of benzene rings is 1. The average Bonchev–Trinajstić information content (AvgIpc) is 3.09. The van der Waals surface area contributed by atoms with Crippen molar-refractivity contribution in [1.29, 1.82) is 0 Å². The number of carbonyl (C=O) groups is 1. The molecule has 0 spiro atoms. The smallest absolute Gasteiger partial charge is 0.164 e. The minimum Gasteiger partial charge on any atom is -0.373 e. The zero-order chi connectivity index (χ0) is 16.5. The van der Waals surface area contributed by atoms with E-state index in [1.54, 1.807) is 0 Å². The lowest BCUT2D eigenvalue weighted by atomic mass is 9.86. The molecule has 24 heavy (non-hydrogen) atoms. The van der Waals surface area contributed by atoms with Gasteiger partial charge < -0.3 is 4.74 Å². The van der Waals surface area contributed by atoms with Crippen LogP contribution in [0.25, 0.3) is 0 Å². The zero-order valence-corrected chi connectivity index (χ0v) is 14.1. The van der Waals surface area contributed by atoms with Crippen molar-refractivity contribution in [2.45, 2.75) is 44.6 Å². The van der Waals surface area contributed by atoms with Gasteiger partial charge in [-0.3, -0.25) is 4.79 Å². The largest absolute Gasteiger partial charge is 0.373 e. The van der Waals surface area contributed by atoms with Crippen LogP contribution in [0.1, 0.15) is 37.7 Å². The summed E-state index contributed by atoms with van der Waals surface area (Å²) in [5, 5.41) is 0. The minimum absolute atomic E-state index is 0.169. The van der Waals surface area contributed by atoms with E-state index >= 15 is 0 Å². The normalized spacial score (nSPS) is 28.2. The summed E-state index contributed by atoms with van der Waals surface area (Å²) in [5.74, 6) is 0.623. The van der Waals surface area contributed by atoms with Crippen LogP contribution in [0.5, 0.6) is 0 Å². The third-order valence-corrected chi connectivity index (χ3v) is 5.51. The number of rotatable bonds is 4. The lowest BCUT2D eigenvalue weighted by Gasteiger charge is -2.20. The van der Waals surface area contributed by atoms with Crippen LogP contribution in [0.3, 0.4) is 0 Å². The van der Waals surface area contributed by atoms with Crippen molar-refractivity contribution in [3.05, 3.63) is 70.8 Å². The minimum atomic E-state index is 0.169. The molecule has 1 fully saturated rings. The number of aryl methyl sites for hydroxylation is 1. The van der Waals surface area contributed by atoms with Gasteiger partial charge in [0.2, 0.25) is 0 Å². The third-order valence-electron chi connectivity index (χ3n) is 5.51. The molecule has 2 heteroatoms. The van der Waals surface area contributed by atoms with Crippen molar-refractivity contribution in [1.82, 2.24) is 0 Å². The highest BCUT2D eigenvalue weighted by Gasteiger charge is 2.43. The number of ketones is 1. The molecule has 1 aromatic carbocycles. The molecular formula is C22H24O2. The van der Waals surface area contributed by atoms with Gasteiger partial charge in [0.25, 0.3) is 0 Å². The van der Waals surface area contributed by atoms with Crippen LogP contribution in [0.2, 0.25) is 0 Å². The van der Waals surface area contributed by atoms with Crippen molar-refractivity contribution in [2.75, 3.05) is 6.61 Å². The number of allylic oxidation sites excluding steroid dienone is 4. The Morgan fingerprint density at radius 3 is 2.92 bits per heavy atom. The summed E-state index contributed by atoms with van der Waals surface area (Å²) in [6, 6.07) is 10.5. The Morgan fingerprint density at radius 1 is 1.25 bits per heavy atom. The molecule has 124 valence electrons. The van der Waals surface area contributed by atoms with E-state index in [9.17, 15) is 4.79 Å². The van der Waals surface area contributed by atoms with Crippen LogP contribution in [0.15, 0.2) is 65.3 Å². The van der Waals surface area contributed by atoms with Gasteiger partial charge in [0.15, 0.2) is 5.78 Å². The Hall–Kier alpha value is -1.93. The Balaban J connectivity index is 1.59. The van der Waals surface area contributed by atoms with Gasteiger partial charge in [-0.2, -0.15) is 0 Å². The van der Waals surface area contributed by atoms with Crippen LogP contribution in [0, 0.1) is 5.92 Å². The van der Waals surface area contributed by atoms with Crippen LogP contribution in [-0.2, 0) is 16.0 Å². The van der Waals surface area contributed by atoms with E-state index in [2.05, 4.69) is 36.9 Å². The van der Waals surface area contributed by atoms with Crippen LogP contribution < -0.4 is 0 Å². The van der Waals surface area contributed by atoms with Crippen molar-refractivity contribution in [3.63, 3.8) is 0 Å². The number of hydrogen-bond donors (Lipinski definition) is 0. The van der Waals surface area contributed by atoms with E-state index in [1.165, 1.54) is 11.1 Å². The fraction of sp³-hybridized carbons (Fsp3) is 0.409. The van der Waals surface area contributed by atoms with Gasteiger partial charge in [-0.05, 0) is 54.4 Å². The van der Waals surface area contributed by atoms with Gasteiger partial charge in [-0.25, -0.2) is 0 Å².